The minimum Gasteiger partial charge on any atom is -0.347 e. The summed E-state index contributed by atoms with van der Waals surface area (Å²) in [6, 6.07) is 7.13. The third kappa shape index (κ3) is 3.25. The number of rotatable bonds is 4. The molecule has 1 aliphatic carbocycles. The lowest BCUT2D eigenvalue weighted by atomic mass is 9.89. The molecule has 7 heteroatoms. The van der Waals surface area contributed by atoms with Crippen LogP contribution in [0.4, 0.5) is 4.39 Å². The molecular formula is C20H24FN5O. The average molecular weight is 369 g/mol. The summed E-state index contributed by atoms with van der Waals surface area (Å²) in [6.07, 6.45) is 4.17. The summed E-state index contributed by atoms with van der Waals surface area (Å²) in [6.45, 7) is 3.50. The van der Waals surface area contributed by atoms with Crippen LogP contribution in [0.1, 0.15) is 41.3 Å². The van der Waals surface area contributed by atoms with E-state index in [2.05, 4.69) is 20.4 Å². The Morgan fingerprint density at radius 2 is 2.04 bits per heavy atom. The summed E-state index contributed by atoms with van der Waals surface area (Å²) in [4.78, 5) is 14.9. The number of hydrogen-bond donors (Lipinski definition) is 1. The van der Waals surface area contributed by atoms with Crippen LogP contribution < -0.4 is 5.32 Å². The van der Waals surface area contributed by atoms with Gasteiger partial charge in [0.2, 0.25) is 5.82 Å². The van der Waals surface area contributed by atoms with E-state index in [-0.39, 0.29) is 11.7 Å². The van der Waals surface area contributed by atoms with Gasteiger partial charge >= 0.3 is 0 Å². The van der Waals surface area contributed by atoms with Crippen molar-refractivity contribution in [3.63, 3.8) is 0 Å². The van der Waals surface area contributed by atoms with Gasteiger partial charge in [0.15, 0.2) is 0 Å². The lowest BCUT2D eigenvalue weighted by Gasteiger charge is -2.28. The van der Waals surface area contributed by atoms with Crippen LogP contribution in [0.15, 0.2) is 24.3 Å². The quantitative estimate of drug-likeness (QED) is 0.896. The number of likely N-dealkylation sites (tertiary alicyclic amines) is 1. The second kappa shape index (κ2) is 6.71. The molecule has 2 fully saturated rings. The Bertz CT molecular complexity index is 862. The van der Waals surface area contributed by atoms with Crippen LogP contribution in [0.2, 0.25) is 0 Å². The lowest BCUT2D eigenvalue weighted by Crippen LogP contribution is -2.41. The fraction of sp³-hybridized carbons (Fsp3) is 0.550. The molecule has 0 bridgehead atoms. The first-order chi connectivity index (χ1) is 13.2. The standard InChI is InChI=1S/C20H24FN5O/c21-16-4-1-3-13(7-16)9-25-10-14-8-18-23-24-19(26(18)12-15(14)11-25)20(27)22-17-5-2-6-17/h1,3-4,7,14-15,17H,2,5-6,8-12H2,(H,22,27)/t14-,15+/m1/s1. The van der Waals surface area contributed by atoms with Crippen molar-refractivity contribution in [3.05, 3.63) is 47.3 Å². The Hall–Kier alpha value is -2.28. The summed E-state index contributed by atoms with van der Waals surface area (Å²) >= 11 is 0. The van der Waals surface area contributed by atoms with Gasteiger partial charge in [0.1, 0.15) is 11.6 Å². The Morgan fingerprint density at radius 3 is 2.81 bits per heavy atom. The van der Waals surface area contributed by atoms with Crippen LogP contribution in [0.3, 0.4) is 0 Å². The number of hydrogen-bond acceptors (Lipinski definition) is 4. The smallest absolute Gasteiger partial charge is 0.289 e. The van der Waals surface area contributed by atoms with E-state index in [9.17, 15) is 9.18 Å². The van der Waals surface area contributed by atoms with Crippen molar-refractivity contribution in [3.8, 4) is 0 Å². The number of nitrogens with zero attached hydrogens (tertiary/aromatic N) is 4. The molecule has 2 aromatic rings. The molecule has 6 nitrogen and oxygen atoms in total. The molecule has 2 atom stereocenters. The predicted molar refractivity (Wildman–Crippen MR) is 97.5 cm³/mol. The van der Waals surface area contributed by atoms with Gasteiger partial charge in [-0.05, 0) is 48.8 Å². The Kier molecular flexibility index (Phi) is 4.19. The number of fused-ring (bicyclic) bond motifs is 2. The Morgan fingerprint density at radius 1 is 1.19 bits per heavy atom. The van der Waals surface area contributed by atoms with E-state index < -0.39 is 0 Å². The molecule has 0 radical (unpaired) electrons. The number of benzene rings is 1. The molecule has 1 aromatic carbocycles. The van der Waals surface area contributed by atoms with Crippen LogP contribution in [-0.2, 0) is 19.5 Å². The van der Waals surface area contributed by atoms with E-state index in [0.29, 0.717) is 23.7 Å². The molecule has 3 aliphatic rings. The zero-order chi connectivity index (χ0) is 18.4. The molecule has 1 aromatic heterocycles. The molecule has 142 valence electrons. The molecule has 1 N–H and O–H groups in total. The maximum Gasteiger partial charge on any atom is 0.289 e. The second-order valence-corrected chi connectivity index (χ2v) is 8.20. The van der Waals surface area contributed by atoms with Crippen molar-refractivity contribution in [1.82, 2.24) is 25.0 Å². The van der Waals surface area contributed by atoms with Crippen molar-refractivity contribution in [2.75, 3.05) is 13.1 Å². The van der Waals surface area contributed by atoms with Gasteiger partial charge in [-0.3, -0.25) is 9.69 Å². The van der Waals surface area contributed by atoms with E-state index in [1.54, 1.807) is 12.1 Å². The van der Waals surface area contributed by atoms with Crippen LogP contribution in [-0.4, -0.2) is 44.7 Å². The number of aromatic nitrogens is 3. The van der Waals surface area contributed by atoms with Crippen molar-refractivity contribution in [2.24, 2.45) is 11.8 Å². The maximum atomic E-state index is 13.4. The molecule has 3 heterocycles. The molecule has 0 unspecified atom stereocenters. The van der Waals surface area contributed by atoms with Gasteiger partial charge in [-0.2, -0.15) is 0 Å². The van der Waals surface area contributed by atoms with E-state index in [1.165, 1.54) is 12.5 Å². The summed E-state index contributed by atoms with van der Waals surface area (Å²) in [5.74, 6) is 2.11. The predicted octanol–water partition coefficient (Wildman–Crippen LogP) is 2.00. The summed E-state index contributed by atoms with van der Waals surface area (Å²) in [5, 5.41) is 11.5. The van der Waals surface area contributed by atoms with E-state index in [0.717, 1.165) is 56.8 Å². The van der Waals surface area contributed by atoms with Crippen molar-refractivity contribution in [1.29, 1.82) is 0 Å². The SMILES string of the molecule is O=C(NC1CCC1)c1nnc2n1C[C@@H]1CN(Cc3cccc(F)c3)C[C@H]1C2. The molecule has 1 amide bonds. The van der Waals surface area contributed by atoms with Crippen LogP contribution in [0.25, 0.3) is 0 Å². The normalized spacial score (nSPS) is 24.9. The number of amides is 1. The first kappa shape index (κ1) is 16.9. The number of nitrogens with one attached hydrogen (secondary N) is 1. The lowest BCUT2D eigenvalue weighted by molar-refractivity contribution is 0.0898. The zero-order valence-corrected chi connectivity index (χ0v) is 15.3. The third-order valence-corrected chi connectivity index (χ3v) is 6.28. The monoisotopic (exact) mass is 369 g/mol. The maximum absolute atomic E-state index is 13.4. The van der Waals surface area contributed by atoms with Crippen molar-refractivity contribution >= 4 is 5.91 Å². The molecule has 1 saturated heterocycles. The van der Waals surface area contributed by atoms with Crippen LogP contribution >= 0.6 is 0 Å². The minimum atomic E-state index is -0.183. The van der Waals surface area contributed by atoms with Gasteiger partial charge in [0.25, 0.3) is 5.91 Å². The molecule has 2 aliphatic heterocycles. The van der Waals surface area contributed by atoms with Crippen molar-refractivity contribution < 1.29 is 9.18 Å². The van der Waals surface area contributed by atoms with Crippen molar-refractivity contribution in [2.45, 2.75) is 44.8 Å². The van der Waals surface area contributed by atoms with E-state index in [1.807, 2.05) is 10.6 Å². The number of carbonyl (C=O) groups excluding carboxylic acids is 1. The van der Waals surface area contributed by atoms with E-state index >= 15 is 0 Å². The van der Waals surface area contributed by atoms with Gasteiger partial charge in [-0.15, -0.1) is 10.2 Å². The van der Waals surface area contributed by atoms with Crippen LogP contribution in [0, 0.1) is 17.7 Å². The highest BCUT2D eigenvalue weighted by Crippen LogP contribution is 2.33. The summed E-state index contributed by atoms with van der Waals surface area (Å²) in [5.41, 5.74) is 1.01. The fourth-order valence-electron chi connectivity index (χ4n) is 4.61. The fourth-order valence-corrected chi connectivity index (χ4v) is 4.61. The average Bonchev–Trinajstić information content (AvgIpc) is 3.18. The van der Waals surface area contributed by atoms with Gasteiger partial charge < -0.3 is 9.88 Å². The number of halogens is 1. The highest BCUT2D eigenvalue weighted by Gasteiger charge is 2.39. The molecule has 1 saturated carbocycles. The Balaban J connectivity index is 1.26. The van der Waals surface area contributed by atoms with Gasteiger partial charge in [-0.25, -0.2) is 4.39 Å². The highest BCUT2D eigenvalue weighted by molar-refractivity contribution is 5.91. The van der Waals surface area contributed by atoms with Crippen LogP contribution in [0.5, 0.6) is 0 Å². The van der Waals surface area contributed by atoms with Gasteiger partial charge in [0, 0.05) is 38.6 Å². The zero-order valence-electron chi connectivity index (χ0n) is 15.3. The first-order valence-electron chi connectivity index (χ1n) is 9.85. The molecule has 27 heavy (non-hydrogen) atoms. The Labute approximate surface area is 157 Å². The highest BCUT2D eigenvalue weighted by atomic mass is 19.1. The topological polar surface area (TPSA) is 63.1 Å². The summed E-state index contributed by atoms with van der Waals surface area (Å²) in [7, 11) is 0. The molecule has 5 rings (SSSR count). The molecular weight excluding hydrogens is 345 g/mol. The van der Waals surface area contributed by atoms with Gasteiger partial charge in [0.05, 0.1) is 0 Å². The van der Waals surface area contributed by atoms with E-state index in [4.69, 9.17) is 0 Å². The minimum absolute atomic E-state index is 0.0912. The first-order valence-corrected chi connectivity index (χ1v) is 9.85. The summed E-state index contributed by atoms with van der Waals surface area (Å²) < 4.78 is 15.5. The third-order valence-electron chi connectivity index (χ3n) is 6.28. The molecule has 0 spiro atoms. The second-order valence-electron chi connectivity index (χ2n) is 8.20. The van der Waals surface area contributed by atoms with Gasteiger partial charge in [-0.1, -0.05) is 12.1 Å². The number of carbonyl (C=O) groups is 1. The largest absolute Gasteiger partial charge is 0.347 e.